The molecule has 1 atom stereocenters. The molecule has 0 radical (unpaired) electrons. The predicted molar refractivity (Wildman–Crippen MR) is 66.2 cm³/mol. The largest absolute Gasteiger partial charge is 0.507 e. The first-order chi connectivity index (χ1) is 8.68. The minimum atomic E-state index is -0.144. The molecule has 1 aromatic carbocycles. The van der Waals surface area contributed by atoms with Gasteiger partial charge in [-0.1, -0.05) is 11.3 Å². The third kappa shape index (κ3) is 2.78. The predicted octanol–water partition coefficient (Wildman–Crippen LogP) is 1.04. The van der Waals surface area contributed by atoms with Gasteiger partial charge in [-0.2, -0.15) is 0 Å². The molecule has 0 saturated carbocycles. The molecule has 18 heavy (non-hydrogen) atoms. The van der Waals surface area contributed by atoms with Gasteiger partial charge in [-0.05, 0) is 19.1 Å². The van der Waals surface area contributed by atoms with E-state index in [1.807, 2.05) is 6.92 Å². The second kappa shape index (κ2) is 5.50. The van der Waals surface area contributed by atoms with Gasteiger partial charge in [0.25, 0.3) is 0 Å². The number of aromatic hydroxyl groups is 2. The molecule has 1 aromatic heterocycles. The number of rotatable bonds is 5. The third-order valence-corrected chi connectivity index (χ3v) is 2.76. The van der Waals surface area contributed by atoms with Gasteiger partial charge in [0.1, 0.15) is 11.5 Å². The molecule has 96 valence electrons. The van der Waals surface area contributed by atoms with E-state index in [0.29, 0.717) is 18.7 Å². The van der Waals surface area contributed by atoms with Crippen molar-refractivity contribution in [3.05, 3.63) is 36.2 Å². The zero-order valence-electron chi connectivity index (χ0n) is 10.1. The van der Waals surface area contributed by atoms with Gasteiger partial charge in [0.2, 0.25) is 0 Å². The van der Waals surface area contributed by atoms with Gasteiger partial charge in [0.15, 0.2) is 0 Å². The van der Waals surface area contributed by atoms with Crippen molar-refractivity contribution < 1.29 is 10.2 Å². The summed E-state index contributed by atoms with van der Waals surface area (Å²) in [7, 11) is 0. The van der Waals surface area contributed by atoms with Gasteiger partial charge < -0.3 is 15.5 Å². The molecule has 0 aliphatic heterocycles. The summed E-state index contributed by atoms with van der Waals surface area (Å²) in [5, 5.41) is 30.2. The summed E-state index contributed by atoms with van der Waals surface area (Å²) >= 11 is 0. The van der Waals surface area contributed by atoms with Crippen molar-refractivity contribution in [2.75, 3.05) is 6.54 Å². The fourth-order valence-corrected chi connectivity index (χ4v) is 1.83. The highest BCUT2D eigenvalue weighted by Crippen LogP contribution is 2.31. The Balaban J connectivity index is 1.93. The van der Waals surface area contributed by atoms with Crippen LogP contribution in [0.4, 0.5) is 0 Å². The SMILES string of the molecule is CC(NCCn1ccnn1)c1c(O)cccc1O. The highest BCUT2D eigenvalue weighted by molar-refractivity contribution is 5.44. The van der Waals surface area contributed by atoms with Crippen LogP contribution in [0.15, 0.2) is 30.6 Å². The highest BCUT2D eigenvalue weighted by Gasteiger charge is 2.13. The Morgan fingerprint density at radius 2 is 2.06 bits per heavy atom. The van der Waals surface area contributed by atoms with E-state index in [-0.39, 0.29) is 17.5 Å². The number of nitrogens with one attached hydrogen (secondary N) is 1. The van der Waals surface area contributed by atoms with E-state index in [1.165, 1.54) is 0 Å². The lowest BCUT2D eigenvalue weighted by atomic mass is 10.1. The summed E-state index contributed by atoms with van der Waals surface area (Å²) in [5.41, 5.74) is 0.510. The summed E-state index contributed by atoms with van der Waals surface area (Å²) in [6.07, 6.45) is 3.40. The van der Waals surface area contributed by atoms with Crippen LogP contribution in [-0.2, 0) is 6.54 Å². The van der Waals surface area contributed by atoms with Crippen LogP contribution in [0, 0.1) is 0 Å². The quantitative estimate of drug-likeness (QED) is 0.736. The van der Waals surface area contributed by atoms with Gasteiger partial charge in [-0.25, -0.2) is 0 Å². The minimum Gasteiger partial charge on any atom is -0.507 e. The van der Waals surface area contributed by atoms with Crippen molar-refractivity contribution in [2.24, 2.45) is 0 Å². The summed E-state index contributed by atoms with van der Waals surface area (Å²) < 4.78 is 1.71. The van der Waals surface area contributed by atoms with Gasteiger partial charge in [0, 0.05) is 18.8 Å². The lowest BCUT2D eigenvalue weighted by Gasteiger charge is -2.16. The van der Waals surface area contributed by atoms with E-state index in [1.54, 1.807) is 35.3 Å². The number of hydrogen-bond acceptors (Lipinski definition) is 5. The lowest BCUT2D eigenvalue weighted by Crippen LogP contribution is -2.23. The first-order valence-electron chi connectivity index (χ1n) is 5.77. The highest BCUT2D eigenvalue weighted by atomic mass is 16.3. The first kappa shape index (κ1) is 12.4. The van der Waals surface area contributed by atoms with Crippen LogP contribution >= 0.6 is 0 Å². The maximum absolute atomic E-state index is 9.72. The molecule has 0 bridgehead atoms. The zero-order chi connectivity index (χ0) is 13.0. The molecule has 2 rings (SSSR count). The van der Waals surface area contributed by atoms with Crippen molar-refractivity contribution in [3.8, 4) is 11.5 Å². The monoisotopic (exact) mass is 248 g/mol. The minimum absolute atomic E-state index is 0.0933. The number of phenolic OH excluding ortho intramolecular Hbond substituents is 2. The molecule has 0 spiro atoms. The van der Waals surface area contributed by atoms with Crippen LogP contribution in [0.3, 0.4) is 0 Å². The normalized spacial score (nSPS) is 12.5. The Hall–Kier alpha value is -2.08. The van der Waals surface area contributed by atoms with Crippen molar-refractivity contribution in [2.45, 2.75) is 19.5 Å². The van der Waals surface area contributed by atoms with Crippen molar-refractivity contribution >= 4 is 0 Å². The molecule has 2 aromatic rings. The van der Waals surface area contributed by atoms with Crippen LogP contribution in [0.1, 0.15) is 18.5 Å². The maximum atomic E-state index is 9.72. The fraction of sp³-hybridized carbons (Fsp3) is 0.333. The Morgan fingerprint density at radius 3 is 2.67 bits per heavy atom. The van der Waals surface area contributed by atoms with Crippen LogP contribution in [0.5, 0.6) is 11.5 Å². The standard InChI is InChI=1S/C12H16N4O2/c1-9(12-10(17)3-2-4-11(12)18)13-5-7-16-8-6-14-15-16/h2-4,6,8-9,13,17-18H,5,7H2,1H3. The summed E-state index contributed by atoms with van der Waals surface area (Å²) in [6.45, 7) is 3.23. The zero-order valence-corrected chi connectivity index (χ0v) is 10.1. The molecule has 0 amide bonds. The number of aromatic nitrogens is 3. The number of phenols is 2. The smallest absolute Gasteiger partial charge is 0.124 e. The first-order valence-corrected chi connectivity index (χ1v) is 5.77. The second-order valence-electron chi connectivity index (χ2n) is 4.05. The Bertz CT molecular complexity index is 479. The van der Waals surface area contributed by atoms with E-state index in [0.717, 1.165) is 0 Å². The van der Waals surface area contributed by atoms with Crippen LogP contribution < -0.4 is 5.32 Å². The number of hydrogen-bond donors (Lipinski definition) is 3. The van der Waals surface area contributed by atoms with Crippen molar-refractivity contribution in [1.29, 1.82) is 0 Å². The second-order valence-corrected chi connectivity index (χ2v) is 4.05. The van der Waals surface area contributed by atoms with E-state index >= 15 is 0 Å². The summed E-state index contributed by atoms with van der Waals surface area (Å²) in [4.78, 5) is 0. The van der Waals surface area contributed by atoms with E-state index in [2.05, 4.69) is 15.6 Å². The molecule has 6 heteroatoms. The molecule has 1 heterocycles. The Kier molecular flexibility index (Phi) is 3.78. The third-order valence-electron chi connectivity index (χ3n) is 2.76. The average Bonchev–Trinajstić information content (AvgIpc) is 2.82. The molecular weight excluding hydrogens is 232 g/mol. The van der Waals surface area contributed by atoms with Gasteiger partial charge in [-0.3, -0.25) is 4.68 Å². The molecule has 6 nitrogen and oxygen atoms in total. The number of benzene rings is 1. The van der Waals surface area contributed by atoms with Gasteiger partial charge in [0.05, 0.1) is 18.3 Å². The van der Waals surface area contributed by atoms with E-state index in [9.17, 15) is 10.2 Å². The molecule has 3 N–H and O–H groups in total. The molecule has 0 aliphatic carbocycles. The summed E-state index contributed by atoms with van der Waals surface area (Å²) in [6, 6.07) is 4.58. The van der Waals surface area contributed by atoms with Crippen molar-refractivity contribution in [1.82, 2.24) is 20.3 Å². The molecule has 0 saturated heterocycles. The lowest BCUT2D eigenvalue weighted by molar-refractivity contribution is 0.414. The fourth-order valence-electron chi connectivity index (χ4n) is 1.83. The number of nitrogens with zero attached hydrogens (tertiary/aromatic N) is 3. The molecule has 1 unspecified atom stereocenters. The van der Waals surface area contributed by atoms with Crippen LogP contribution in [0.25, 0.3) is 0 Å². The van der Waals surface area contributed by atoms with Gasteiger partial charge >= 0.3 is 0 Å². The summed E-state index contributed by atoms with van der Waals surface area (Å²) in [5.74, 6) is 0.187. The maximum Gasteiger partial charge on any atom is 0.124 e. The van der Waals surface area contributed by atoms with E-state index < -0.39 is 0 Å². The van der Waals surface area contributed by atoms with Crippen LogP contribution in [-0.4, -0.2) is 31.8 Å². The Labute approximate surface area is 105 Å². The topological polar surface area (TPSA) is 83.2 Å². The molecule has 0 aliphatic rings. The Morgan fingerprint density at radius 1 is 1.33 bits per heavy atom. The van der Waals surface area contributed by atoms with Crippen molar-refractivity contribution in [3.63, 3.8) is 0 Å². The van der Waals surface area contributed by atoms with E-state index in [4.69, 9.17) is 0 Å². The van der Waals surface area contributed by atoms with Gasteiger partial charge in [-0.15, -0.1) is 5.10 Å². The van der Waals surface area contributed by atoms with Crippen LogP contribution in [0.2, 0.25) is 0 Å². The average molecular weight is 248 g/mol. The molecule has 0 fully saturated rings. The molecular formula is C12H16N4O2.